The lowest BCUT2D eigenvalue weighted by Gasteiger charge is -2.26. The lowest BCUT2D eigenvalue weighted by molar-refractivity contribution is 0.0371. The van der Waals surface area contributed by atoms with E-state index in [1.807, 2.05) is 31.3 Å². The average molecular weight is 393 g/mol. The molecule has 1 aliphatic heterocycles. The van der Waals surface area contributed by atoms with Crippen molar-refractivity contribution < 1.29 is 14.3 Å². The number of methoxy groups -OCH3 is 1. The highest BCUT2D eigenvalue weighted by Crippen LogP contribution is 2.27. The third kappa shape index (κ3) is 4.49. The Kier molecular flexibility index (Phi) is 5.92. The van der Waals surface area contributed by atoms with E-state index >= 15 is 0 Å². The Morgan fingerprint density at radius 1 is 1.10 bits per heavy atom. The van der Waals surface area contributed by atoms with Gasteiger partial charge < -0.3 is 9.47 Å². The molecule has 152 valence electrons. The monoisotopic (exact) mass is 393 g/mol. The highest BCUT2D eigenvalue weighted by atomic mass is 16.5. The van der Waals surface area contributed by atoms with Crippen molar-refractivity contribution in [2.45, 2.75) is 12.8 Å². The number of hydrogen-bond donors (Lipinski definition) is 0. The van der Waals surface area contributed by atoms with Crippen molar-refractivity contribution >= 4 is 16.6 Å². The predicted octanol–water partition coefficient (Wildman–Crippen LogP) is 3.54. The molecule has 0 unspecified atom stereocenters. The van der Waals surface area contributed by atoms with Crippen molar-refractivity contribution in [3.63, 3.8) is 0 Å². The van der Waals surface area contributed by atoms with Crippen molar-refractivity contribution in [1.82, 2.24) is 14.7 Å². The van der Waals surface area contributed by atoms with Crippen LogP contribution in [0, 0.1) is 0 Å². The summed E-state index contributed by atoms with van der Waals surface area (Å²) in [6, 6.07) is 14.2. The Labute approximate surface area is 171 Å². The number of Topliss-reactive ketones (excluding diaryl/α,β-unsaturated/α-hetero) is 1. The fourth-order valence-electron chi connectivity index (χ4n) is 3.80. The number of nitrogens with zero attached hydrogens (tertiary/aromatic N) is 3. The second kappa shape index (κ2) is 8.76. The van der Waals surface area contributed by atoms with E-state index in [1.54, 1.807) is 11.8 Å². The number of morpholine rings is 1. The maximum atomic E-state index is 12.6. The molecule has 0 saturated carbocycles. The molecule has 29 heavy (non-hydrogen) atoms. The molecule has 1 saturated heterocycles. The molecule has 0 spiro atoms. The van der Waals surface area contributed by atoms with E-state index in [2.05, 4.69) is 28.2 Å². The largest absolute Gasteiger partial charge is 0.497 e. The van der Waals surface area contributed by atoms with Crippen LogP contribution < -0.4 is 4.74 Å². The average Bonchev–Trinajstić information content (AvgIpc) is 3.15. The van der Waals surface area contributed by atoms with E-state index < -0.39 is 0 Å². The van der Waals surface area contributed by atoms with Gasteiger partial charge in [0.15, 0.2) is 5.78 Å². The van der Waals surface area contributed by atoms with Crippen LogP contribution >= 0.6 is 0 Å². The molecule has 6 heteroatoms. The summed E-state index contributed by atoms with van der Waals surface area (Å²) in [4.78, 5) is 15.0. The van der Waals surface area contributed by atoms with Gasteiger partial charge in [-0.05, 0) is 48.0 Å². The molecule has 1 aromatic heterocycles. The Morgan fingerprint density at radius 2 is 1.86 bits per heavy atom. The molecule has 0 amide bonds. The van der Waals surface area contributed by atoms with Crippen molar-refractivity contribution in [3.8, 4) is 17.0 Å². The van der Waals surface area contributed by atoms with Crippen LogP contribution in [0.5, 0.6) is 5.75 Å². The van der Waals surface area contributed by atoms with Gasteiger partial charge in [-0.25, -0.2) is 0 Å². The molecule has 4 rings (SSSR count). The number of carbonyl (C=O) groups excluding carboxylic acids is 1. The predicted molar refractivity (Wildman–Crippen MR) is 114 cm³/mol. The third-order valence-corrected chi connectivity index (χ3v) is 5.49. The first kappa shape index (κ1) is 19.6. The topological polar surface area (TPSA) is 56.6 Å². The van der Waals surface area contributed by atoms with Crippen LogP contribution in [0.3, 0.4) is 0 Å². The minimum atomic E-state index is 0.102. The van der Waals surface area contributed by atoms with Gasteiger partial charge in [0.25, 0.3) is 0 Å². The molecule has 0 radical (unpaired) electrons. The lowest BCUT2D eigenvalue weighted by Crippen LogP contribution is -2.36. The van der Waals surface area contributed by atoms with Crippen molar-refractivity contribution in [2.24, 2.45) is 7.05 Å². The van der Waals surface area contributed by atoms with Crippen LogP contribution in [0.4, 0.5) is 0 Å². The minimum Gasteiger partial charge on any atom is -0.497 e. The molecule has 2 aromatic carbocycles. The minimum absolute atomic E-state index is 0.102. The van der Waals surface area contributed by atoms with Crippen molar-refractivity contribution in [1.29, 1.82) is 0 Å². The van der Waals surface area contributed by atoms with Crippen LogP contribution in [0.1, 0.15) is 23.3 Å². The molecule has 0 N–H and O–H groups in total. The Morgan fingerprint density at radius 3 is 2.66 bits per heavy atom. The van der Waals surface area contributed by atoms with E-state index in [4.69, 9.17) is 9.47 Å². The van der Waals surface area contributed by atoms with E-state index in [1.165, 1.54) is 0 Å². The first-order valence-corrected chi connectivity index (χ1v) is 10.1. The number of fused-ring (bicyclic) bond motifs is 1. The molecule has 0 bridgehead atoms. The zero-order chi connectivity index (χ0) is 20.2. The smallest absolute Gasteiger partial charge is 0.183 e. The second-order valence-corrected chi connectivity index (χ2v) is 7.45. The summed E-state index contributed by atoms with van der Waals surface area (Å²) < 4.78 is 12.5. The molecule has 1 fully saturated rings. The van der Waals surface area contributed by atoms with Gasteiger partial charge in [-0.3, -0.25) is 14.4 Å². The number of ether oxygens (including phenoxy) is 2. The Hall–Kier alpha value is -2.70. The molecule has 3 aromatic rings. The van der Waals surface area contributed by atoms with Gasteiger partial charge in [0, 0.05) is 32.1 Å². The number of ketones is 1. The SMILES string of the molecule is COc1ccc2cc(-c3cc(C(=O)CCCN4CCOCC4)nn3C)ccc2c1. The molecular formula is C23H27N3O3. The van der Waals surface area contributed by atoms with Crippen LogP contribution in [0.15, 0.2) is 42.5 Å². The summed E-state index contributed by atoms with van der Waals surface area (Å²) in [6.45, 7) is 4.42. The lowest BCUT2D eigenvalue weighted by atomic mass is 10.0. The summed E-state index contributed by atoms with van der Waals surface area (Å²) in [5, 5.41) is 6.72. The normalized spacial score (nSPS) is 15.0. The first-order chi connectivity index (χ1) is 14.1. The highest BCUT2D eigenvalue weighted by Gasteiger charge is 2.16. The summed E-state index contributed by atoms with van der Waals surface area (Å²) in [6.07, 6.45) is 1.37. The number of hydrogen-bond acceptors (Lipinski definition) is 5. The number of benzene rings is 2. The third-order valence-electron chi connectivity index (χ3n) is 5.49. The summed E-state index contributed by atoms with van der Waals surface area (Å²) >= 11 is 0. The van der Waals surface area contributed by atoms with Gasteiger partial charge in [-0.2, -0.15) is 5.10 Å². The summed E-state index contributed by atoms with van der Waals surface area (Å²) in [5.74, 6) is 0.946. The molecule has 2 heterocycles. The highest BCUT2D eigenvalue weighted by molar-refractivity contribution is 5.95. The molecule has 1 aliphatic rings. The molecule has 6 nitrogen and oxygen atoms in total. The fraction of sp³-hybridized carbons (Fsp3) is 0.391. The van der Waals surface area contributed by atoms with Gasteiger partial charge in [0.1, 0.15) is 11.4 Å². The second-order valence-electron chi connectivity index (χ2n) is 7.45. The van der Waals surface area contributed by atoms with Crippen LogP contribution in [-0.4, -0.2) is 60.4 Å². The van der Waals surface area contributed by atoms with Crippen molar-refractivity contribution in [3.05, 3.63) is 48.2 Å². The van der Waals surface area contributed by atoms with Gasteiger partial charge in [0.2, 0.25) is 0 Å². The molecular weight excluding hydrogens is 366 g/mol. The molecule has 0 atom stereocenters. The quantitative estimate of drug-likeness (QED) is 0.575. The summed E-state index contributed by atoms with van der Waals surface area (Å²) in [5.41, 5.74) is 2.53. The molecule has 0 aliphatic carbocycles. The number of aromatic nitrogens is 2. The van der Waals surface area contributed by atoms with Crippen molar-refractivity contribution in [2.75, 3.05) is 40.0 Å². The Bertz CT molecular complexity index is 1010. The van der Waals surface area contributed by atoms with Crippen LogP contribution in [0.25, 0.3) is 22.0 Å². The fourth-order valence-corrected chi connectivity index (χ4v) is 3.80. The number of rotatable bonds is 7. The first-order valence-electron chi connectivity index (χ1n) is 10.1. The van der Waals surface area contributed by atoms with E-state index in [0.29, 0.717) is 12.1 Å². The van der Waals surface area contributed by atoms with E-state index in [-0.39, 0.29) is 5.78 Å². The zero-order valence-electron chi connectivity index (χ0n) is 17.1. The zero-order valence-corrected chi connectivity index (χ0v) is 17.1. The van der Waals surface area contributed by atoms with Gasteiger partial charge >= 0.3 is 0 Å². The Balaban J connectivity index is 1.45. The van der Waals surface area contributed by atoms with Crippen LogP contribution in [-0.2, 0) is 11.8 Å². The summed E-state index contributed by atoms with van der Waals surface area (Å²) in [7, 11) is 3.56. The van der Waals surface area contributed by atoms with Crippen LogP contribution in [0.2, 0.25) is 0 Å². The maximum absolute atomic E-state index is 12.6. The maximum Gasteiger partial charge on any atom is 0.183 e. The van der Waals surface area contributed by atoms with E-state index in [9.17, 15) is 4.79 Å². The number of aryl methyl sites for hydroxylation is 1. The number of carbonyl (C=O) groups is 1. The van der Waals surface area contributed by atoms with E-state index in [0.717, 1.165) is 67.0 Å². The van der Waals surface area contributed by atoms with Gasteiger partial charge in [-0.15, -0.1) is 0 Å². The van der Waals surface area contributed by atoms with Gasteiger partial charge in [0.05, 0.1) is 26.0 Å². The standard InChI is InChI=1S/C23H27N3O3/c1-25-22(19-6-5-18-15-20(28-2)8-7-17(18)14-19)16-21(24-25)23(27)4-3-9-26-10-12-29-13-11-26/h5-8,14-16H,3-4,9-13H2,1-2H3. The van der Waals surface area contributed by atoms with Gasteiger partial charge in [-0.1, -0.05) is 18.2 Å².